The Morgan fingerprint density at radius 3 is 2.40 bits per heavy atom. The molecule has 2 N–H and O–H groups in total. The van der Waals surface area contributed by atoms with Crippen LogP contribution in [0.3, 0.4) is 0 Å². The number of hydrogen-bond donors (Lipinski definition) is 2. The molecule has 0 radical (unpaired) electrons. The molecule has 0 aromatic carbocycles. The molecule has 0 aliphatic carbocycles. The number of hydrogen-bond acceptors (Lipinski definition) is 4. The quantitative estimate of drug-likeness (QED) is 0.750. The summed E-state index contributed by atoms with van der Waals surface area (Å²) in [7, 11) is 0. The number of rotatable bonds is 8. The van der Waals surface area contributed by atoms with E-state index in [2.05, 4.69) is 18.7 Å². The molecule has 0 atom stereocenters. The van der Waals surface area contributed by atoms with E-state index >= 15 is 0 Å². The monoisotopic (exact) mass is 282 g/mol. The summed E-state index contributed by atoms with van der Waals surface area (Å²) in [5, 5.41) is 18.3. The van der Waals surface area contributed by atoms with Gasteiger partial charge in [-0.25, -0.2) is 0 Å². The lowest BCUT2D eigenvalue weighted by atomic mass is 10.2. The third kappa shape index (κ3) is 4.70. The second-order valence-electron chi connectivity index (χ2n) is 4.81. The van der Waals surface area contributed by atoms with Crippen molar-refractivity contribution in [2.24, 2.45) is 0 Å². The first kappa shape index (κ1) is 16.2. The van der Waals surface area contributed by atoms with E-state index < -0.39 is 17.1 Å². The fourth-order valence-corrected chi connectivity index (χ4v) is 2.16. The minimum Gasteiger partial charge on any atom is -0.503 e. The number of carboxylic acids is 1. The van der Waals surface area contributed by atoms with Gasteiger partial charge in [0.2, 0.25) is 5.43 Å². The molecule has 1 rings (SSSR count). The van der Waals surface area contributed by atoms with Crippen molar-refractivity contribution in [2.75, 3.05) is 13.1 Å². The van der Waals surface area contributed by atoms with Gasteiger partial charge in [0.15, 0.2) is 5.75 Å². The molecule has 0 aliphatic rings. The third-order valence-electron chi connectivity index (χ3n) is 2.97. The van der Waals surface area contributed by atoms with E-state index in [1.165, 1.54) is 16.8 Å². The van der Waals surface area contributed by atoms with E-state index in [0.717, 1.165) is 25.9 Å². The smallest absolute Gasteiger partial charge is 0.323 e. The van der Waals surface area contributed by atoms with Crippen molar-refractivity contribution in [2.45, 2.75) is 39.8 Å². The molecule has 0 fully saturated rings. The first-order valence-corrected chi connectivity index (χ1v) is 6.84. The molecule has 112 valence electrons. The predicted molar refractivity (Wildman–Crippen MR) is 75.9 cm³/mol. The van der Waals surface area contributed by atoms with Crippen LogP contribution < -0.4 is 5.43 Å². The van der Waals surface area contributed by atoms with Crippen molar-refractivity contribution in [3.8, 4) is 5.75 Å². The Bertz CT molecular complexity index is 504. The fourth-order valence-electron chi connectivity index (χ4n) is 2.16. The van der Waals surface area contributed by atoms with Crippen molar-refractivity contribution in [3.05, 3.63) is 28.2 Å². The van der Waals surface area contributed by atoms with Gasteiger partial charge in [0.1, 0.15) is 6.54 Å². The average Bonchev–Trinajstić information content (AvgIpc) is 2.35. The molecule has 0 saturated heterocycles. The normalized spacial score (nSPS) is 10.9. The maximum absolute atomic E-state index is 11.5. The Morgan fingerprint density at radius 2 is 1.90 bits per heavy atom. The van der Waals surface area contributed by atoms with Gasteiger partial charge in [0.05, 0.1) is 6.20 Å². The number of carbonyl (C=O) groups is 1. The standard InChI is InChI=1S/C14H22N2O4/c1-3-5-15(6-4-2)8-11-7-12(17)13(18)9-16(11)10-14(19)20/h7,9,18H,3-6,8,10H2,1-2H3,(H,19,20). The number of carboxylic acid groups (broad SMARTS) is 1. The Hall–Kier alpha value is -1.82. The molecule has 0 saturated carbocycles. The van der Waals surface area contributed by atoms with Crippen LogP contribution in [0.2, 0.25) is 0 Å². The Balaban J connectivity index is 3.04. The minimum absolute atomic E-state index is 0.269. The van der Waals surface area contributed by atoms with Crippen molar-refractivity contribution in [1.29, 1.82) is 0 Å². The zero-order valence-corrected chi connectivity index (χ0v) is 12.0. The van der Waals surface area contributed by atoms with Crippen LogP contribution in [0, 0.1) is 0 Å². The maximum atomic E-state index is 11.5. The van der Waals surface area contributed by atoms with Crippen LogP contribution >= 0.6 is 0 Å². The van der Waals surface area contributed by atoms with Gasteiger partial charge < -0.3 is 14.8 Å². The molecule has 6 nitrogen and oxygen atoms in total. The number of aromatic hydroxyl groups is 1. The average molecular weight is 282 g/mol. The van der Waals surface area contributed by atoms with Gasteiger partial charge in [-0.05, 0) is 25.9 Å². The highest BCUT2D eigenvalue weighted by atomic mass is 16.4. The zero-order chi connectivity index (χ0) is 15.1. The lowest BCUT2D eigenvalue weighted by Gasteiger charge is -2.23. The highest BCUT2D eigenvalue weighted by Crippen LogP contribution is 2.09. The highest BCUT2D eigenvalue weighted by molar-refractivity contribution is 5.66. The highest BCUT2D eigenvalue weighted by Gasteiger charge is 2.12. The predicted octanol–water partition coefficient (Wildman–Crippen LogP) is 1.26. The summed E-state index contributed by atoms with van der Waals surface area (Å²) >= 11 is 0. The van der Waals surface area contributed by atoms with E-state index in [4.69, 9.17) is 5.11 Å². The molecular weight excluding hydrogens is 260 g/mol. The number of aliphatic carboxylic acids is 1. The van der Waals surface area contributed by atoms with Crippen LogP contribution in [0.1, 0.15) is 32.4 Å². The number of pyridine rings is 1. The Kier molecular flexibility index (Phi) is 6.24. The molecule has 1 heterocycles. The van der Waals surface area contributed by atoms with Crippen molar-refractivity contribution < 1.29 is 15.0 Å². The summed E-state index contributed by atoms with van der Waals surface area (Å²) in [5.41, 5.74) is 0.131. The Labute approximate surface area is 118 Å². The molecule has 0 unspecified atom stereocenters. The van der Waals surface area contributed by atoms with Crippen LogP contribution in [-0.4, -0.2) is 38.7 Å². The van der Waals surface area contributed by atoms with Crippen molar-refractivity contribution in [3.63, 3.8) is 0 Å². The van der Waals surface area contributed by atoms with Gasteiger partial charge in [0, 0.05) is 18.3 Å². The summed E-state index contributed by atoms with van der Waals surface area (Å²) < 4.78 is 1.41. The summed E-state index contributed by atoms with van der Waals surface area (Å²) in [4.78, 5) is 24.6. The van der Waals surface area contributed by atoms with Gasteiger partial charge in [0.25, 0.3) is 0 Å². The van der Waals surface area contributed by atoms with E-state index in [1.807, 2.05) is 0 Å². The van der Waals surface area contributed by atoms with Crippen LogP contribution in [0.15, 0.2) is 17.1 Å². The van der Waals surface area contributed by atoms with Gasteiger partial charge in [-0.1, -0.05) is 13.8 Å². The topological polar surface area (TPSA) is 82.8 Å². The van der Waals surface area contributed by atoms with Crippen LogP contribution in [0.25, 0.3) is 0 Å². The summed E-state index contributed by atoms with van der Waals surface area (Å²) in [6.45, 7) is 6.15. The first-order chi connectivity index (χ1) is 9.47. The van der Waals surface area contributed by atoms with Crippen LogP contribution in [-0.2, 0) is 17.9 Å². The number of aromatic nitrogens is 1. The van der Waals surface area contributed by atoms with E-state index in [9.17, 15) is 14.7 Å². The van der Waals surface area contributed by atoms with E-state index in [1.54, 1.807) is 0 Å². The van der Waals surface area contributed by atoms with Gasteiger partial charge in [-0.2, -0.15) is 0 Å². The van der Waals surface area contributed by atoms with Crippen LogP contribution in [0.5, 0.6) is 5.75 Å². The SMILES string of the molecule is CCCN(CCC)Cc1cc(=O)c(O)cn1CC(=O)O. The molecule has 0 bridgehead atoms. The molecule has 1 aromatic rings. The second kappa shape index (κ2) is 7.69. The Morgan fingerprint density at radius 1 is 1.30 bits per heavy atom. The summed E-state index contributed by atoms with van der Waals surface area (Å²) in [5.74, 6) is -1.43. The van der Waals surface area contributed by atoms with E-state index in [0.29, 0.717) is 12.2 Å². The molecular formula is C14H22N2O4. The van der Waals surface area contributed by atoms with Gasteiger partial charge in [-0.3, -0.25) is 14.5 Å². The lowest BCUT2D eigenvalue weighted by Crippen LogP contribution is -2.28. The molecule has 0 aliphatic heterocycles. The maximum Gasteiger partial charge on any atom is 0.323 e. The molecule has 20 heavy (non-hydrogen) atoms. The fraction of sp³-hybridized carbons (Fsp3) is 0.571. The first-order valence-electron chi connectivity index (χ1n) is 6.84. The van der Waals surface area contributed by atoms with Crippen molar-refractivity contribution >= 4 is 5.97 Å². The minimum atomic E-state index is -1.01. The largest absolute Gasteiger partial charge is 0.503 e. The molecule has 6 heteroatoms. The third-order valence-corrected chi connectivity index (χ3v) is 2.97. The molecule has 1 aromatic heterocycles. The summed E-state index contributed by atoms with van der Waals surface area (Å²) in [6, 6.07) is 1.32. The zero-order valence-electron chi connectivity index (χ0n) is 12.0. The van der Waals surface area contributed by atoms with Crippen molar-refractivity contribution in [1.82, 2.24) is 9.47 Å². The van der Waals surface area contributed by atoms with Gasteiger partial charge >= 0.3 is 5.97 Å². The lowest BCUT2D eigenvalue weighted by molar-refractivity contribution is -0.137. The number of nitrogens with zero attached hydrogens (tertiary/aromatic N) is 2. The van der Waals surface area contributed by atoms with Gasteiger partial charge in [-0.15, -0.1) is 0 Å². The molecule has 0 amide bonds. The van der Waals surface area contributed by atoms with Crippen LogP contribution in [0.4, 0.5) is 0 Å². The molecule has 0 spiro atoms. The summed E-state index contributed by atoms with van der Waals surface area (Å²) in [6.07, 6.45) is 3.17. The van der Waals surface area contributed by atoms with E-state index in [-0.39, 0.29) is 6.54 Å². The second-order valence-corrected chi connectivity index (χ2v) is 4.81.